The molecule has 0 bridgehead atoms. The molecule has 0 aromatic rings. The van der Waals surface area contributed by atoms with Gasteiger partial charge in [0.05, 0.1) is 6.61 Å². The van der Waals surface area contributed by atoms with Crippen LogP contribution in [0.3, 0.4) is 0 Å². The third kappa shape index (κ3) is 5.14. The number of carbonyl (C=O) groups is 2. The molecule has 16 heavy (non-hydrogen) atoms. The number of esters is 2. The van der Waals surface area contributed by atoms with E-state index >= 15 is 0 Å². The lowest BCUT2D eigenvalue weighted by Crippen LogP contribution is -2.34. The summed E-state index contributed by atoms with van der Waals surface area (Å²) in [4.78, 5) is 22.9. The zero-order valence-electron chi connectivity index (χ0n) is 10.6. The normalized spacial score (nSPS) is 14.0. The number of rotatable bonds is 7. The molecule has 0 aromatic heterocycles. The second-order valence-electron chi connectivity index (χ2n) is 3.80. The molecule has 0 aliphatic carbocycles. The fraction of sp³-hybridized carbons (Fsp3) is 0.833. The van der Waals surface area contributed by atoms with Crippen molar-refractivity contribution in [3.8, 4) is 0 Å². The van der Waals surface area contributed by atoms with Crippen molar-refractivity contribution in [3.63, 3.8) is 0 Å². The summed E-state index contributed by atoms with van der Waals surface area (Å²) in [5, 5.41) is 0. The predicted octanol–water partition coefficient (Wildman–Crippen LogP) is 2.31. The Morgan fingerprint density at radius 3 is 2.25 bits per heavy atom. The molecule has 2 unspecified atom stereocenters. The van der Waals surface area contributed by atoms with Crippen molar-refractivity contribution >= 4 is 11.9 Å². The van der Waals surface area contributed by atoms with Crippen molar-refractivity contribution in [2.24, 2.45) is 5.92 Å². The Hall–Kier alpha value is -1.06. The number of hydrogen-bond donors (Lipinski definition) is 0. The smallest absolute Gasteiger partial charge is 0.347 e. The van der Waals surface area contributed by atoms with Crippen LogP contribution < -0.4 is 0 Å². The first-order valence-electron chi connectivity index (χ1n) is 5.92. The maximum absolute atomic E-state index is 11.6. The molecule has 0 heterocycles. The van der Waals surface area contributed by atoms with Gasteiger partial charge >= 0.3 is 11.9 Å². The first-order chi connectivity index (χ1) is 7.56. The van der Waals surface area contributed by atoms with Crippen molar-refractivity contribution in [1.82, 2.24) is 0 Å². The van der Waals surface area contributed by atoms with Gasteiger partial charge in [0.1, 0.15) is 0 Å². The summed E-state index contributed by atoms with van der Waals surface area (Å²) in [6.45, 7) is 7.76. The molecular weight excluding hydrogens is 208 g/mol. The van der Waals surface area contributed by atoms with E-state index in [1.165, 1.54) is 0 Å². The van der Waals surface area contributed by atoms with E-state index in [9.17, 15) is 9.59 Å². The lowest BCUT2D eigenvalue weighted by atomic mass is 10.0. The summed E-state index contributed by atoms with van der Waals surface area (Å²) in [6.07, 6.45) is 1.06. The van der Waals surface area contributed by atoms with Crippen LogP contribution in [0.15, 0.2) is 0 Å². The molecule has 0 aliphatic rings. The van der Waals surface area contributed by atoms with Gasteiger partial charge in [0.2, 0.25) is 6.10 Å². The van der Waals surface area contributed by atoms with E-state index in [4.69, 9.17) is 9.47 Å². The lowest BCUT2D eigenvalue weighted by molar-refractivity contribution is -0.171. The van der Waals surface area contributed by atoms with Gasteiger partial charge in [-0.2, -0.15) is 0 Å². The predicted molar refractivity (Wildman–Crippen MR) is 60.9 cm³/mol. The molecule has 4 nitrogen and oxygen atoms in total. The van der Waals surface area contributed by atoms with Gasteiger partial charge in [0.15, 0.2) is 0 Å². The van der Waals surface area contributed by atoms with Crippen molar-refractivity contribution in [3.05, 3.63) is 0 Å². The number of ether oxygens (including phenoxy) is 2. The number of hydrogen-bond acceptors (Lipinski definition) is 4. The molecule has 0 radical (unpaired) electrons. The zero-order valence-corrected chi connectivity index (χ0v) is 10.6. The monoisotopic (exact) mass is 230 g/mol. The molecule has 4 heteroatoms. The van der Waals surface area contributed by atoms with Crippen LogP contribution >= 0.6 is 0 Å². The maximum Gasteiger partial charge on any atom is 0.347 e. The minimum absolute atomic E-state index is 0.0140. The Balaban J connectivity index is 4.42. The van der Waals surface area contributed by atoms with Crippen molar-refractivity contribution in [1.29, 1.82) is 0 Å². The van der Waals surface area contributed by atoms with Crippen LogP contribution in [0.25, 0.3) is 0 Å². The first kappa shape index (κ1) is 14.9. The molecule has 0 fully saturated rings. The van der Waals surface area contributed by atoms with E-state index in [0.29, 0.717) is 13.0 Å². The highest BCUT2D eigenvalue weighted by atomic mass is 16.6. The van der Waals surface area contributed by atoms with E-state index in [1.807, 2.05) is 20.8 Å². The third-order valence-corrected chi connectivity index (χ3v) is 2.39. The largest absolute Gasteiger partial charge is 0.463 e. The Bertz CT molecular complexity index is 225. The molecule has 0 saturated carbocycles. The molecule has 0 spiro atoms. The summed E-state index contributed by atoms with van der Waals surface area (Å²) in [7, 11) is 0. The van der Waals surface area contributed by atoms with Crippen LogP contribution in [0.4, 0.5) is 0 Å². The highest BCUT2D eigenvalue weighted by Crippen LogP contribution is 2.14. The van der Waals surface area contributed by atoms with E-state index in [0.717, 1.165) is 12.8 Å². The molecule has 0 aliphatic heterocycles. The van der Waals surface area contributed by atoms with Crippen LogP contribution in [0.2, 0.25) is 0 Å². The molecule has 2 atom stereocenters. The third-order valence-electron chi connectivity index (χ3n) is 2.39. The Morgan fingerprint density at radius 1 is 1.19 bits per heavy atom. The first-order valence-corrected chi connectivity index (χ1v) is 5.92. The van der Waals surface area contributed by atoms with E-state index in [2.05, 4.69) is 0 Å². The standard InChI is InChI=1S/C12H22O4/c1-5-8-10(13)16-11(9(4)6-2)12(14)15-7-3/h9,11H,5-8H2,1-4H3. The van der Waals surface area contributed by atoms with Crippen LogP contribution in [-0.2, 0) is 19.1 Å². The van der Waals surface area contributed by atoms with Crippen molar-refractivity contribution in [2.45, 2.75) is 53.1 Å². The van der Waals surface area contributed by atoms with Crippen molar-refractivity contribution < 1.29 is 19.1 Å². The lowest BCUT2D eigenvalue weighted by Gasteiger charge is -2.21. The Morgan fingerprint density at radius 2 is 1.81 bits per heavy atom. The van der Waals surface area contributed by atoms with E-state index < -0.39 is 12.1 Å². The van der Waals surface area contributed by atoms with Gasteiger partial charge in [-0.3, -0.25) is 4.79 Å². The van der Waals surface area contributed by atoms with Crippen LogP contribution in [-0.4, -0.2) is 24.6 Å². The minimum Gasteiger partial charge on any atom is -0.463 e. The summed E-state index contributed by atoms with van der Waals surface area (Å²) in [6, 6.07) is 0. The zero-order chi connectivity index (χ0) is 12.6. The van der Waals surface area contributed by atoms with Gasteiger partial charge in [0, 0.05) is 12.3 Å². The molecule has 0 rings (SSSR count). The molecule has 0 N–H and O–H groups in total. The van der Waals surface area contributed by atoms with E-state index in [-0.39, 0.29) is 11.9 Å². The van der Waals surface area contributed by atoms with Crippen LogP contribution in [0, 0.1) is 5.92 Å². The quantitative estimate of drug-likeness (QED) is 0.630. The molecular formula is C12H22O4. The Labute approximate surface area is 97.3 Å². The summed E-state index contributed by atoms with van der Waals surface area (Å²) >= 11 is 0. The molecule has 0 aromatic carbocycles. The highest BCUT2D eigenvalue weighted by molar-refractivity contribution is 5.79. The average Bonchev–Trinajstić information content (AvgIpc) is 2.25. The van der Waals surface area contributed by atoms with Gasteiger partial charge in [-0.1, -0.05) is 20.8 Å². The van der Waals surface area contributed by atoms with Gasteiger partial charge in [-0.25, -0.2) is 4.79 Å². The fourth-order valence-corrected chi connectivity index (χ4v) is 1.24. The maximum atomic E-state index is 11.6. The number of carbonyl (C=O) groups excluding carboxylic acids is 2. The van der Waals surface area contributed by atoms with Gasteiger partial charge in [-0.15, -0.1) is 0 Å². The SMILES string of the molecule is CCCC(=O)OC(C(=O)OCC)C(C)CC. The van der Waals surface area contributed by atoms with E-state index in [1.54, 1.807) is 6.92 Å². The second-order valence-corrected chi connectivity index (χ2v) is 3.80. The summed E-state index contributed by atoms with van der Waals surface area (Å²) < 4.78 is 10.0. The molecule has 0 saturated heterocycles. The molecule has 0 amide bonds. The van der Waals surface area contributed by atoms with Crippen molar-refractivity contribution in [2.75, 3.05) is 6.61 Å². The minimum atomic E-state index is -0.760. The summed E-state index contributed by atoms with van der Waals surface area (Å²) in [5.74, 6) is -0.790. The van der Waals surface area contributed by atoms with Crippen LogP contribution in [0.5, 0.6) is 0 Å². The summed E-state index contributed by atoms with van der Waals surface area (Å²) in [5.41, 5.74) is 0. The highest BCUT2D eigenvalue weighted by Gasteiger charge is 2.28. The Kier molecular flexibility index (Phi) is 7.60. The second kappa shape index (κ2) is 8.13. The van der Waals surface area contributed by atoms with Crippen LogP contribution in [0.1, 0.15) is 47.0 Å². The van der Waals surface area contributed by atoms with Gasteiger partial charge in [-0.05, 0) is 19.8 Å². The molecule has 94 valence electrons. The fourth-order valence-electron chi connectivity index (χ4n) is 1.24. The average molecular weight is 230 g/mol. The topological polar surface area (TPSA) is 52.6 Å². The van der Waals surface area contributed by atoms with Gasteiger partial charge in [0.25, 0.3) is 0 Å². The van der Waals surface area contributed by atoms with Gasteiger partial charge < -0.3 is 9.47 Å².